The minimum atomic E-state index is 0.602. The number of furan rings is 2. The van der Waals surface area contributed by atoms with Crippen LogP contribution in [0.25, 0.3) is 121 Å². The minimum Gasteiger partial charge on any atom is -0.455 e. The Labute approximate surface area is 342 Å². The molecule has 5 heteroatoms. The molecule has 0 bridgehead atoms. The van der Waals surface area contributed by atoms with Gasteiger partial charge >= 0.3 is 0 Å². The number of hydrogen-bond acceptors (Lipinski definition) is 3. The molecule has 9 aromatic carbocycles. The Morgan fingerprint density at radius 2 is 0.917 bits per heavy atom. The summed E-state index contributed by atoms with van der Waals surface area (Å²) in [7, 11) is 0. The molecule has 13 rings (SSSR count). The predicted octanol–water partition coefficient (Wildman–Crippen LogP) is 14.9. The van der Waals surface area contributed by atoms with E-state index in [4.69, 9.17) is 8.83 Å². The molecule has 5 nitrogen and oxygen atoms in total. The van der Waals surface area contributed by atoms with Crippen LogP contribution in [0.4, 0.5) is 0 Å². The third kappa shape index (κ3) is 4.56. The van der Waals surface area contributed by atoms with Crippen LogP contribution in [0, 0.1) is 11.3 Å². The van der Waals surface area contributed by atoms with Crippen LogP contribution in [0.3, 0.4) is 0 Å². The zero-order valence-corrected chi connectivity index (χ0v) is 32.1. The molecule has 0 amide bonds. The lowest BCUT2D eigenvalue weighted by atomic mass is 9.95. The second-order valence-electron chi connectivity index (χ2n) is 15.6. The Morgan fingerprint density at radius 1 is 0.383 bits per heavy atom. The number of aromatic nitrogens is 2. The second-order valence-corrected chi connectivity index (χ2v) is 15.6. The number of fused-ring (bicyclic) bond motifs is 14. The molecule has 0 saturated heterocycles. The first-order valence-electron chi connectivity index (χ1n) is 20.1. The second kappa shape index (κ2) is 12.3. The maximum atomic E-state index is 10.4. The van der Waals surface area contributed by atoms with Gasteiger partial charge in [0.1, 0.15) is 22.3 Å². The van der Waals surface area contributed by atoms with Crippen LogP contribution < -0.4 is 0 Å². The van der Waals surface area contributed by atoms with E-state index in [1.807, 2.05) is 54.6 Å². The lowest BCUT2D eigenvalue weighted by molar-refractivity contribution is 0.672. The summed E-state index contributed by atoms with van der Waals surface area (Å²) in [4.78, 5) is 0. The molecular weight excluding hydrogens is 735 g/mol. The average molecular weight is 766 g/mol. The fourth-order valence-electron chi connectivity index (χ4n) is 9.74. The topological polar surface area (TPSA) is 59.9 Å². The van der Waals surface area contributed by atoms with Crippen molar-refractivity contribution in [3.8, 4) is 39.7 Å². The third-order valence-electron chi connectivity index (χ3n) is 12.3. The molecule has 0 atom stereocenters. The van der Waals surface area contributed by atoms with Gasteiger partial charge in [0.15, 0.2) is 0 Å². The number of nitriles is 1. The fourth-order valence-corrected chi connectivity index (χ4v) is 9.74. The largest absolute Gasteiger partial charge is 0.455 e. The molecule has 4 heterocycles. The van der Waals surface area contributed by atoms with Crippen molar-refractivity contribution in [2.24, 2.45) is 0 Å². The molecule has 0 aliphatic heterocycles. The van der Waals surface area contributed by atoms with E-state index in [1.54, 1.807) is 0 Å². The Bertz CT molecular complexity index is 3960. The summed E-state index contributed by atoms with van der Waals surface area (Å²) in [6.07, 6.45) is 0. The van der Waals surface area contributed by atoms with Crippen LogP contribution in [0.1, 0.15) is 5.56 Å². The summed E-state index contributed by atoms with van der Waals surface area (Å²) < 4.78 is 18.1. The number of hydrogen-bond donors (Lipinski definition) is 0. The first-order valence-corrected chi connectivity index (χ1v) is 20.1. The highest BCUT2D eigenvalue weighted by Crippen LogP contribution is 2.45. The number of rotatable bonds is 4. The van der Waals surface area contributed by atoms with Gasteiger partial charge in [-0.15, -0.1) is 0 Å². The van der Waals surface area contributed by atoms with E-state index in [-0.39, 0.29) is 0 Å². The van der Waals surface area contributed by atoms with Crippen molar-refractivity contribution in [3.05, 3.63) is 194 Å². The van der Waals surface area contributed by atoms with Gasteiger partial charge in [0.05, 0.1) is 50.2 Å². The molecule has 0 N–H and O–H groups in total. The average Bonchev–Trinajstić information content (AvgIpc) is 4.06. The van der Waals surface area contributed by atoms with Crippen LogP contribution in [0.5, 0.6) is 0 Å². The van der Waals surface area contributed by atoms with Crippen molar-refractivity contribution in [1.29, 1.82) is 5.26 Å². The van der Waals surface area contributed by atoms with E-state index >= 15 is 0 Å². The van der Waals surface area contributed by atoms with Gasteiger partial charge < -0.3 is 18.0 Å². The third-order valence-corrected chi connectivity index (χ3v) is 12.3. The van der Waals surface area contributed by atoms with Crippen LogP contribution in [-0.2, 0) is 0 Å². The highest BCUT2D eigenvalue weighted by molar-refractivity contribution is 6.25. The summed E-state index contributed by atoms with van der Waals surface area (Å²) in [5, 5.41) is 19.2. The van der Waals surface area contributed by atoms with E-state index in [2.05, 4.69) is 149 Å². The van der Waals surface area contributed by atoms with Crippen LogP contribution in [0.15, 0.2) is 197 Å². The maximum Gasteiger partial charge on any atom is 0.145 e. The van der Waals surface area contributed by atoms with E-state index in [0.29, 0.717) is 5.56 Å². The lowest BCUT2D eigenvalue weighted by Crippen LogP contribution is -2.01. The summed E-state index contributed by atoms with van der Waals surface area (Å²) in [6, 6.07) is 68.2. The van der Waals surface area contributed by atoms with Gasteiger partial charge in [-0.25, -0.2) is 0 Å². The smallest absolute Gasteiger partial charge is 0.145 e. The fraction of sp³-hybridized carbons (Fsp3) is 0. The first kappa shape index (κ1) is 32.7. The Hall–Kier alpha value is -8.33. The number of para-hydroxylation sites is 4. The quantitative estimate of drug-likeness (QED) is 0.179. The van der Waals surface area contributed by atoms with E-state index < -0.39 is 0 Å². The zero-order valence-electron chi connectivity index (χ0n) is 32.1. The molecular formula is C55H31N3O2. The highest BCUT2D eigenvalue weighted by Gasteiger charge is 2.23. The monoisotopic (exact) mass is 765 g/mol. The molecule has 0 unspecified atom stereocenters. The van der Waals surface area contributed by atoms with E-state index in [1.165, 1.54) is 0 Å². The maximum absolute atomic E-state index is 10.4. The predicted molar refractivity (Wildman–Crippen MR) is 245 cm³/mol. The Balaban J connectivity index is 1.15. The molecule has 0 fully saturated rings. The van der Waals surface area contributed by atoms with Crippen molar-refractivity contribution in [2.75, 3.05) is 0 Å². The van der Waals surface area contributed by atoms with E-state index in [0.717, 1.165) is 121 Å². The van der Waals surface area contributed by atoms with Crippen molar-refractivity contribution >= 4 is 87.5 Å². The summed E-state index contributed by atoms with van der Waals surface area (Å²) >= 11 is 0. The van der Waals surface area contributed by atoms with Gasteiger partial charge in [0.2, 0.25) is 0 Å². The SMILES string of the molecule is N#Cc1cc(-c2ccccc2)cc(-c2ccc(-n3c4ccccc4c4c5oc6ccccc6c5ccc43)cc2-n2c3ccccc3c3c4oc5ccccc5c4ccc32)c1. The van der Waals surface area contributed by atoms with E-state index in [9.17, 15) is 5.26 Å². The molecule has 13 aromatic rings. The van der Waals surface area contributed by atoms with Gasteiger partial charge in [-0.3, -0.25) is 0 Å². The molecule has 60 heavy (non-hydrogen) atoms. The molecule has 0 spiro atoms. The van der Waals surface area contributed by atoms with Crippen LogP contribution in [0.2, 0.25) is 0 Å². The van der Waals surface area contributed by atoms with Gasteiger partial charge in [-0.1, -0.05) is 109 Å². The normalized spacial score (nSPS) is 12.0. The molecule has 0 radical (unpaired) electrons. The van der Waals surface area contributed by atoms with Crippen molar-refractivity contribution in [1.82, 2.24) is 9.13 Å². The van der Waals surface area contributed by atoms with Gasteiger partial charge in [-0.05, 0) is 95.6 Å². The highest BCUT2D eigenvalue weighted by atomic mass is 16.3. The van der Waals surface area contributed by atoms with Crippen molar-refractivity contribution in [2.45, 2.75) is 0 Å². The molecule has 278 valence electrons. The summed E-state index contributed by atoms with van der Waals surface area (Å²) in [6.45, 7) is 0. The molecule has 4 aromatic heterocycles. The standard InChI is InChI=1S/C55H31N3O2/c56-32-33-28-35(34-12-2-1-3-13-34)30-36(29-33)38-23-22-37(57-45-18-8-4-16-43(45)52-47(57)26-24-41-39-14-6-10-20-50(39)59-54(41)52)31-49(38)58-46-19-9-5-17-44(46)53-48(58)27-25-42-40-15-7-11-21-51(40)60-55(42)53/h1-31H. The van der Waals surface area contributed by atoms with Gasteiger partial charge in [0, 0.05) is 43.6 Å². The molecule has 0 aliphatic rings. The Kier molecular flexibility index (Phi) is 6.73. The number of nitrogens with zero attached hydrogens (tertiary/aromatic N) is 3. The molecule has 0 aliphatic carbocycles. The van der Waals surface area contributed by atoms with Crippen molar-refractivity contribution < 1.29 is 8.83 Å². The van der Waals surface area contributed by atoms with Crippen LogP contribution >= 0.6 is 0 Å². The molecule has 0 saturated carbocycles. The summed E-state index contributed by atoms with van der Waals surface area (Å²) in [5.74, 6) is 0. The van der Waals surface area contributed by atoms with Gasteiger partial charge in [-0.2, -0.15) is 5.26 Å². The number of benzene rings is 9. The Morgan fingerprint density at radius 3 is 1.55 bits per heavy atom. The van der Waals surface area contributed by atoms with Crippen molar-refractivity contribution in [3.63, 3.8) is 0 Å². The lowest BCUT2D eigenvalue weighted by Gasteiger charge is -2.18. The zero-order chi connectivity index (χ0) is 39.5. The van der Waals surface area contributed by atoms with Gasteiger partial charge in [0.25, 0.3) is 0 Å². The van der Waals surface area contributed by atoms with Crippen LogP contribution in [-0.4, -0.2) is 9.13 Å². The minimum absolute atomic E-state index is 0.602. The summed E-state index contributed by atoms with van der Waals surface area (Å²) in [5.41, 5.74) is 14.3. The first-order chi connectivity index (χ1) is 29.7.